The van der Waals surface area contributed by atoms with Crippen molar-refractivity contribution in [3.05, 3.63) is 83.0 Å². The maximum absolute atomic E-state index is 12.0. The average molecular weight is 468 g/mol. The lowest BCUT2D eigenvalue weighted by Gasteiger charge is -2.04. The van der Waals surface area contributed by atoms with E-state index < -0.39 is 15.8 Å². The molecule has 0 fully saturated rings. The van der Waals surface area contributed by atoms with Crippen molar-refractivity contribution in [3.63, 3.8) is 0 Å². The Morgan fingerprint density at radius 1 is 1.09 bits per heavy atom. The highest BCUT2D eigenvalue weighted by molar-refractivity contribution is 7.90. The van der Waals surface area contributed by atoms with Crippen LogP contribution in [0.3, 0.4) is 0 Å². The second kappa shape index (κ2) is 9.05. The van der Waals surface area contributed by atoms with Gasteiger partial charge in [-0.05, 0) is 24.6 Å². The number of aromatic nitrogens is 3. The molecule has 0 aliphatic heterocycles. The van der Waals surface area contributed by atoms with Crippen molar-refractivity contribution in [2.45, 2.75) is 18.2 Å². The van der Waals surface area contributed by atoms with Crippen LogP contribution in [0.4, 0.5) is 0 Å². The summed E-state index contributed by atoms with van der Waals surface area (Å²) in [4.78, 5) is 16.6. The van der Waals surface area contributed by atoms with E-state index in [1.165, 1.54) is 17.6 Å². The Bertz CT molecular complexity index is 1340. The van der Waals surface area contributed by atoms with Crippen molar-refractivity contribution in [1.82, 2.24) is 14.8 Å². The topological polar surface area (TPSA) is 91.2 Å². The van der Waals surface area contributed by atoms with Gasteiger partial charge in [0, 0.05) is 35.4 Å². The molecule has 2 aromatic heterocycles. The van der Waals surface area contributed by atoms with Crippen molar-refractivity contribution in [2.24, 2.45) is 0 Å². The number of hydrogen-bond donors (Lipinski definition) is 0. The first-order valence-electron chi connectivity index (χ1n) is 9.91. The Kier molecular flexibility index (Phi) is 6.20. The summed E-state index contributed by atoms with van der Waals surface area (Å²) in [6.07, 6.45) is 3.64. The lowest BCUT2D eigenvalue weighted by Crippen LogP contribution is -2.05. The van der Waals surface area contributed by atoms with Crippen LogP contribution < -0.4 is 0 Å². The monoisotopic (exact) mass is 467 g/mol. The first-order chi connectivity index (χ1) is 15.3. The van der Waals surface area contributed by atoms with Crippen LogP contribution in [-0.4, -0.2) is 42.0 Å². The van der Waals surface area contributed by atoms with Crippen molar-refractivity contribution in [1.29, 1.82) is 0 Å². The number of hydrogen-bond acceptors (Lipinski definition) is 7. The lowest BCUT2D eigenvalue weighted by atomic mass is 10.0. The van der Waals surface area contributed by atoms with E-state index in [0.29, 0.717) is 11.6 Å². The second-order valence-corrected chi connectivity index (χ2v) is 9.99. The molecule has 0 aliphatic rings. The van der Waals surface area contributed by atoms with Crippen LogP contribution in [0.15, 0.2) is 71.1 Å². The fourth-order valence-electron chi connectivity index (χ4n) is 3.22. The molecule has 0 aliphatic carbocycles. The van der Waals surface area contributed by atoms with Crippen LogP contribution in [-0.2, 0) is 21.0 Å². The van der Waals surface area contributed by atoms with E-state index in [9.17, 15) is 13.2 Å². The summed E-state index contributed by atoms with van der Waals surface area (Å²) < 4.78 is 30.2. The van der Waals surface area contributed by atoms with Crippen molar-refractivity contribution >= 4 is 27.1 Å². The Labute approximate surface area is 190 Å². The molecule has 0 bridgehead atoms. The fourth-order valence-corrected chi connectivity index (χ4v) is 4.57. The predicted molar refractivity (Wildman–Crippen MR) is 123 cm³/mol. The second-order valence-electron chi connectivity index (χ2n) is 7.14. The Hall–Kier alpha value is -3.30. The molecular weight excluding hydrogens is 446 g/mol. The summed E-state index contributed by atoms with van der Waals surface area (Å²) in [5.41, 5.74) is 3.92. The van der Waals surface area contributed by atoms with E-state index in [0.717, 1.165) is 22.4 Å². The van der Waals surface area contributed by atoms with E-state index in [1.54, 1.807) is 29.1 Å². The summed E-state index contributed by atoms with van der Waals surface area (Å²) in [5, 5.41) is 6.95. The summed E-state index contributed by atoms with van der Waals surface area (Å²) >= 11 is 1.31. The van der Waals surface area contributed by atoms with Gasteiger partial charge in [0.05, 0.1) is 17.2 Å². The molecule has 2 heterocycles. The predicted octanol–water partition coefficient (Wildman–Crippen LogP) is 4.17. The molecule has 9 heteroatoms. The molecule has 0 saturated carbocycles. The van der Waals surface area contributed by atoms with Gasteiger partial charge in [-0.2, -0.15) is 5.10 Å². The minimum atomic E-state index is -3.25. The Balaban J connectivity index is 1.70. The number of rotatable bonds is 7. The molecule has 0 radical (unpaired) electrons. The molecular formula is C23H21N3O4S2. The first-order valence-corrected chi connectivity index (χ1v) is 12.7. The molecule has 0 unspecified atom stereocenters. The first kappa shape index (κ1) is 21.9. The number of ether oxygens (including phenoxy) is 1. The van der Waals surface area contributed by atoms with E-state index in [1.807, 2.05) is 48.7 Å². The highest BCUT2D eigenvalue weighted by Crippen LogP contribution is 2.27. The Morgan fingerprint density at radius 3 is 2.47 bits per heavy atom. The molecule has 4 rings (SSSR count). The number of nitrogens with zero attached hydrogens (tertiary/aromatic N) is 3. The molecule has 0 saturated heterocycles. The highest BCUT2D eigenvalue weighted by atomic mass is 32.2. The van der Waals surface area contributed by atoms with Gasteiger partial charge in [-0.15, -0.1) is 11.3 Å². The van der Waals surface area contributed by atoms with Crippen LogP contribution in [0.1, 0.15) is 28.5 Å². The van der Waals surface area contributed by atoms with E-state index in [4.69, 9.17) is 9.84 Å². The van der Waals surface area contributed by atoms with Gasteiger partial charge in [-0.1, -0.05) is 42.5 Å². The molecule has 2 aromatic carbocycles. The minimum Gasteiger partial charge on any atom is -0.461 e. The summed E-state index contributed by atoms with van der Waals surface area (Å²) in [5.74, 6) is -0.461. The Morgan fingerprint density at radius 2 is 1.81 bits per heavy atom. The number of carbonyl (C=O) groups excluding carboxylic acids is 1. The van der Waals surface area contributed by atoms with Crippen molar-refractivity contribution in [2.75, 3.05) is 12.9 Å². The highest BCUT2D eigenvalue weighted by Gasteiger charge is 2.17. The van der Waals surface area contributed by atoms with Gasteiger partial charge in [-0.25, -0.2) is 22.9 Å². The number of esters is 1. The fraction of sp³-hybridized carbons (Fsp3) is 0.174. The third-order valence-electron chi connectivity index (χ3n) is 4.76. The smallest absolute Gasteiger partial charge is 0.357 e. The minimum absolute atomic E-state index is 0.251. The average Bonchev–Trinajstić information content (AvgIpc) is 3.42. The number of benzene rings is 2. The quantitative estimate of drug-likeness (QED) is 0.379. The lowest BCUT2D eigenvalue weighted by molar-refractivity contribution is 0.0520. The van der Waals surface area contributed by atoms with Gasteiger partial charge in [0.25, 0.3) is 0 Å². The molecule has 0 spiro atoms. The van der Waals surface area contributed by atoms with Crippen LogP contribution >= 0.6 is 11.3 Å². The van der Waals surface area contributed by atoms with Crippen LogP contribution in [0.25, 0.3) is 16.4 Å². The number of sulfone groups is 1. The summed E-state index contributed by atoms with van der Waals surface area (Å²) in [6.45, 7) is 2.04. The van der Waals surface area contributed by atoms with Gasteiger partial charge in [0.15, 0.2) is 15.5 Å². The van der Waals surface area contributed by atoms with Gasteiger partial charge < -0.3 is 4.74 Å². The molecule has 0 amide bonds. The number of thiazole rings is 1. The van der Waals surface area contributed by atoms with Gasteiger partial charge in [-0.3, -0.25) is 0 Å². The summed E-state index contributed by atoms with van der Waals surface area (Å²) in [7, 11) is -3.25. The zero-order chi connectivity index (χ0) is 22.7. The normalized spacial score (nSPS) is 11.4. The molecule has 4 aromatic rings. The van der Waals surface area contributed by atoms with E-state index in [-0.39, 0.29) is 17.2 Å². The molecule has 0 atom stereocenters. The summed E-state index contributed by atoms with van der Waals surface area (Å²) in [6, 6.07) is 16.6. The van der Waals surface area contributed by atoms with Gasteiger partial charge >= 0.3 is 5.97 Å². The van der Waals surface area contributed by atoms with Crippen LogP contribution in [0, 0.1) is 0 Å². The largest absolute Gasteiger partial charge is 0.461 e. The van der Waals surface area contributed by atoms with E-state index in [2.05, 4.69) is 4.98 Å². The standard InChI is InChI=1S/C23H21N3O4S2/c1-3-30-22(27)20-15-31-23(24-20)26-14-18(21(25-26)17-7-5-4-6-8-17)13-16-9-11-19(12-10-16)32(2,28)29/h4-12,14-15H,3,13H2,1-2H3. The van der Waals surface area contributed by atoms with Gasteiger partial charge in [0.2, 0.25) is 5.13 Å². The molecule has 32 heavy (non-hydrogen) atoms. The maximum atomic E-state index is 12.0. The molecule has 0 N–H and O–H groups in total. The number of carbonyl (C=O) groups is 1. The molecule has 164 valence electrons. The molecule has 7 nitrogen and oxygen atoms in total. The van der Waals surface area contributed by atoms with E-state index >= 15 is 0 Å². The van der Waals surface area contributed by atoms with Gasteiger partial charge in [0.1, 0.15) is 0 Å². The van der Waals surface area contributed by atoms with Crippen molar-refractivity contribution < 1.29 is 17.9 Å². The maximum Gasteiger partial charge on any atom is 0.357 e. The SMILES string of the molecule is CCOC(=O)c1csc(-n2cc(Cc3ccc(S(C)(=O)=O)cc3)c(-c3ccccc3)n2)n1. The van der Waals surface area contributed by atoms with Crippen LogP contribution in [0.5, 0.6) is 0 Å². The zero-order valence-electron chi connectivity index (χ0n) is 17.6. The third-order valence-corrected chi connectivity index (χ3v) is 6.71. The third kappa shape index (κ3) is 4.79. The zero-order valence-corrected chi connectivity index (χ0v) is 19.2. The van der Waals surface area contributed by atoms with Crippen molar-refractivity contribution in [3.8, 4) is 16.4 Å². The van der Waals surface area contributed by atoms with Crippen LogP contribution in [0.2, 0.25) is 0 Å².